The van der Waals surface area contributed by atoms with Crippen LogP contribution in [0.5, 0.6) is 0 Å². The van der Waals surface area contributed by atoms with Gasteiger partial charge in [0.25, 0.3) is 0 Å². The van der Waals surface area contributed by atoms with Crippen LogP contribution in [0.2, 0.25) is 0 Å². The second-order valence-electron chi connectivity index (χ2n) is 4.73. The minimum Gasteiger partial charge on any atom is -0.312 e. The second kappa shape index (κ2) is 6.31. The van der Waals surface area contributed by atoms with Crippen LogP contribution in [-0.2, 0) is 0 Å². The third-order valence-electron chi connectivity index (χ3n) is 3.32. The van der Waals surface area contributed by atoms with Gasteiger partial charge in [0.15, 0.2) is 0 Å². The number of hydrogen-bond acceptors (Lipinski definition) is 3. The quantitative estimate of drug-likeness (QED) is 0.912. The molecule has 2 atom stereocenters. The van der Waals surface area contributed by atoms with E-state index in [1.165, 1.54) is 11.5 Å². The highest BCUT2D eigenvalue weighted by Crippen LogP contribution is 2.35. The zero-order valence-electron chi connectivity index (χ0n) is 11.1. The molecule has 18 heavy (non-hydrogen) atoms. The van der Waals surface area contributed by atoms with E-state index < -0.39 is 0 Å². The average molecular weight is 285 g/mol. The lowest BCUT2D eigenvalue weighted by Crippen LogP contribution is -2.32. The standard InChI is InChI=1S/C14H20FNS2/c1-9-6-10(2)13(11(15)7-9)14(16-3)12-8-17-4-5-18-12/h6-7,12,14,16H,4-5,8H2,1-3H3. The van der Waals surface area contributed by atoms with E-state index in [2.05, 4.69) is 11.4 Å². The van der Waals surface area contributed by atoms with Crippen molar-refractivity contribution in [2.75, 3.05) is 24.3 Å². The molecule has 1 aromatic carbocycles. The van der Waals surface area contributed by atoms with Crippen molar-refractivity contribution in [3.05, 3.63) is 34.6 Å². The summed E-state index contributed by atoms with van der Waals surface area (Å²) < 4.78 is 14.2. The summed E-state index contributed by atoms with van der Waals surface area (Å²) in [7, 11) is 1.93. The summed E-state index contributed by atoms with van der Waals surface area (Å²) in [5.74, 6) is 3.42. The van der Waals surface area contributed by atoms with Gasteiger partial charge in [0, 0.05) is 34.1 Å². The van der Waals surface area contributed by atoms with Crippen molar-refractivity contribution in [3.8, 4) is 0 Å². The maximum Gasteiger partial charge on any atom is 0.128 e. The molecule has 1 fully saturated rings. The molecule has 0 aromatic heterocycles. The molecule has 2 rings (SSSR count). The van der Waals surface area contributed by atoms with Crippen molar-refractivity contribution in [2.24, 2.45) is 0 Å². The molecule has 1 aliphatic heterocycles. The third kappa shape index (κ3) is 3.03. The summed E-state index contributed by atoms with van der Waals surface area (Å²) in [6.45, 7) is 3.95. The van der Waals surface area contributed by atoms with E-state index in [9.17, 15) is 4.39 Å². The Bertz CT molecular complexity index is 393. The molecule has 1 saturated heterocycles. The summed E-state index contributed by atoms with van der Waals surface area (Å²) in [6, 6.07) is 3.83. The van der Waals surface area contributed by atoms with Gasteiger partial charge in [-0.25, -0.2) is 4.39 Å². The monoisotopic (exact) mass is 285 g/mol. The van der Waals surface area contributed by atoms with E-state index >= 15 is 0 Å². The maximum atomic E-state index is 14.2. The van der Waals surface area contributed by atoms with Gasteiger partial charge >= 0.3 is 0 Å². The predicted molar refractivity (Wildman–Crippen MR) is 81.2 cm³/mol. The van der Waals surface area contributed by atoms with Gasteiger partial charge in [-0.3, -0.25) is 0 Å². The molecular formula is C14H20FNS2. The number of rotatable bonds is 3. The number of nitrogens with one attached hydrogen (secondary N) is 1. The van der Waals surface area contributed by atoms with Gasteiger partial charge in [0.2, 0.25) is 0 Å². The van der Waals surface area contributed by atoms with Crippen LogP contribution in [0.25, 0.3) is 0 Å². The first kappa shape index (κ1) is 14.2. The average Bonchev–Trinajstić information content (AvgIpc) is 2.34. The van der Waals surface area contributed by atoms with Crippen molar-refractivity contribution < 1.29 is 4.39 Å². The van der Waals surface area contributed by atoms with Gasteiger partial charge in [-0.15, -0.1) is 0 Å². The van der Waals surface area contributed by atoms with Gasteiger partial charge < -0.3 is 5.32 Å². The lowest BCUT2D eigenvalue weighted by Gasteiger charge is -2.31. The summed E-state index contributed by atoms with van der Waals surface area (Å²) >= 11 is 3.94. The number of benzene rings is 1. The molecule has 1 N–H and O–H groups in total. The number of thioether (sulfide) groups is 2. The summed E-state index contributed by atoms with van der Waals surface area (Å²) in [4.78, 5) is 0. The van der Waals surface area contributed by atoms with Crippen LogP contribution in [0.15, 0.2) is 12.1 Å². The van der Waals surface area contributed by atoms with Crippen molar-refractivity contribution in [1.29, 1.82) is 0 Å². The summed E-state index contributed by atoms with van der Waals surface area (Å²) in [5.41, 5.74) is 2.90. The van der Waals surface area contributed by atoms with Crippen molar-refractivity contribution in [2.45, 2.75) is 25.1 Å². The molecule has 2 unspecified atom stereocenters. The number of aryl methyl sites for hydroxylation is 2. The molecule has 1 heterocycles. The zero-order valence-corrected chi connectivity index (χ0v) is 12.8. The molecule has 0 spiro atoms. The van der Waals surface area contributed by atoms with Crippen molar-refractivity contribution >= 4 is 23.5 Å². The van der Waals surface area contributed by atoms with E-state index in [-0.39, 0.29) is 11.9 Å². The number of halogens is 1. The molecule has 0 amide bonds. The third-order valence-corrected chi connectivity index (χ3v) is 6.18. The lowest BCUT2D eigenvalue weighted by molar-refractivity contribution is 0.531. The Labute approximate surface area is 117 Å². The Balaban J connectivity index is 2.32. The van der Waals surface area contributed by atoms with E-state index in [0.717, 1.165) is 22.4 Å². The molecule has 4 heteroatoms. The molecular weight excluding hydrogens is 265 g/mol. The van der Waals surface area contributed by atoms with Crippen LogP contribution in [0.3, 0.4) is 0 Å². The van der Waals surface area contributed by atoms with Crippen LogP contribution in [-0.4, -0.2) is 29.6 Å². The second-order valence-corrected chi connectivity index (χ2v) is 7.22. The molecule has 0 radical (unpaired) electrons. The highest BCUT2D eigenvalue weighted by atomic mass is 32.2. The van der Waals surface area contributed by atoms with Gasteiger partial charge in [0.05, 0.1) is 0 Å². The first-order chi connectivity index (χ1) is 8.63. The Morgan fingerprint density at radius 3 is 2.67 bits per heavy atom. The summed E-state index contributed by atoms with van der Waals surface area (Å²) in [6.07, 6.45) is 0. The van der Waals surface area contributed by atoms with E-state index in [0.29, 0.717) is 5.25 Å². The van der Waals surface area contributed by atoms with Gasteiger partial charge in [-0.1, -0.05) is 6.07 Å². The van der Waals surface area contributed by atoms with Crippen LogP contribution >= 0.6 is 23.5 Å². The highest BCUT2D eigenvalue weighted by molar-refractivity contribution is 8.06. The van der Waals surface area contributed by atoms with Gasteiger partial charge in [-0.05, 0) is 38.1 Å². The molecule has 0 aliphatic carbocycles. The van der Waals surface area contributed by atoms with E-state index in [1.54, 1.807) is 6.07 Å². The zero-order chi connectivity index (χ0) is 13.1. The first-order valence-corrected chi connectivity index (χ1v) is 8.47. The SMILES string of the molecule is CNC(c1c(C)cc(C)cc1F)C1CSCCS1. The molecule has 100 valence electrons. The van der Waals surface area contributed by atoms with E-state index in [4.69, 9.17) is 0 Å². The largest absolute Gasteiger partial charge is 0.312 e. The molecule has 0 bridgehead atoms. The lowest BCUT2D eigenvalue weighted by atomic mass is 9.96. The Kier molecular flexibility index (Phi) is 4.98. The van der Waals surface area contributed by atoms with Crippen LogP contribution < -0.4 is 5.32 Å². The molecule has 1 nitrogen and oxygen atoms in total. The predicted octanol–water partition coefficient (Wildman–Crippen LogP) is 3.55. The van der Waals surface area contributed by atoms with Crippen molar-refractivity contribution in [3.63, 3.8) is 0 Å². The maximum absolute atomic E-state index is 14.2. The minimum atomic E-state index is -0.0666. The normalized spacial score (nSPS) is 21.9. The highest BCUT2D eigenvalue weighted by Gasteiger charge is 2.28. The molecule has 0 saturated carbocycles. The molecule has 1 aromatic rings. The van der Waals surface area contributed by atoms with Crippen LogP contribution in [0.4, 0.5) is 4.39 Å². The minimum absolute atomic E-state index is 0.0666. The fourth-order valence-corrected chi connectivity index (χ4v) is 5.42. The van der Waals surface area contributed by atoms with Gasteiger partial charge in [-0.2, -0.15) is 23.5 Å². The van der Waals surface area contributed by atoms with Crippen LogP contribution in [0, 0.1) is 19.7 Å². The molecule has 1 aliphatic rings. The summed E-state index contributed by atoms with van der Waals surface area (Å²) in [5, 5.41) is 3.78. The van der Waals surface area contributed by atoms with Crippen LogP contribution in [0.1, 0.15) is 22.7 Å². The Morgan fingerprint density at radius 1 is 1.33 bits per heavy atom. The number of hydrogen-bond donors (Lipinski definition) is 1. The van der Waals surface area contributed by atoms with E-state index in [1.807, 2.05) is 44.4 Å². The topological polar surface area (TPSA) is 12.0 Å². The Morgan fingerprint density at radius 2 is 2.11 bits per heavy atom. The smallest absolute Gasteiger partial charge is 0.128 e. The fourth-order valence-electron chi connectivity index (χ4n) is 2.54. The first-order valence-electron chi connectivity index (χ1n) is 6.26. The Hall–Kier alpha value is -0.190. The van der Waals surface area contributed by atoms with Crippen molar-refractivity contribution in [1.82, 2.24) is 5.32 Å². The fraction of sp³-hybridized carbons (Fsp3) is 0.571. The van der Waals surface area contributed by atoms with Gasteiger partial charge in [0.1, 0.15) is 5.82 Å².